The van der Waals surface area contributed by atoms with E-state index < -0.39 is 0 Å². The van der Waals surface area contributed by atoms with Crippen molar-refractivity contribution < 1.29 is 4.74 Å². The van der Waals surface area contributed by atoms with Crippen molar-refractivity contribution in [1.82, 2.24) is 10.2 Å². The van der Waals surface area contributed by atoms with Crippen LogP contribution in [0, 0.1) is 0 Å². The van der Waals surface area contributed by atoms with Crippen molar-refractivity contribution in [2.24, 2.45) is 0 Å². The van der Waals surface area contributed by atoms with Gasteiger partial charge in [-0.1, -0.05) is 6.92 Å². The Labute approximate surface area is 68.7 Å². The molecule has 3 nitrogen and oxygen atoms in total. The number of piperazine rings is 1. The second kappa shape index (κ2) is 4.70. The van der Waals surface area contributed by atoms with Crippen LogP contribution in [0.25, 0.3) is 0 Å². The molecule has 0 aromatic carbocycles. The quantitative estimate of drug-likeness (QED) is 0.638. The summed E-state index contributed by atoms with van der Waals surface area (Å²) in [7, 11) is 1.79. The second-order valence-corrected chi connectivity index (χ2v) is 2.88. The first-order valence-electron chi connectivity index (χ1n) is 4.36. The molecule has 3 heteroatoms. The average Bonchev–Trinajstić information content (AvgIpc) is 2.09. The van der Waals surface area contributed by atoms with Crippen molar-refractivity contribution in [3.63, 3.8) is 0 Å². The topological polar surface area (TPSA) is 24.5 Å². The summed E-state index contributed by atoms with van der Waals surface area (Å²) in [6, 6.07) is 0. The van der Waals surface area contributed by atoms with Crippen LogP contribution < -0.4 is 5.32 Å². The summed E-state index contributed by atoms with van der Waals surface area (Å²) in [5.74, 6) is 0. The van der Waals surface area contributed by atoms with Crippen molar-refractivity contribution in [3.8, 4) is 0 Å². The SMILES string of the molecule is CCC(OC)N1CCNCC1. The minimum Gasteiger partial charge on any atom is -0.366 e. The standard InChI is InChI=1S/C8H18N2O/c1-3-8(11-2)10-6-4-9-5-7-10/h8-9H,3-7H2,1-2H3. The Hall–Kier alpha value is -0.120. The van der Waals surface area contributed by atoms with Crippen molar-refractivity contribution >= 4 is 0 Å². The summed E-state index contributed by atoms with van der Waals surface area (Å²) in [4.78, 5) is 2.39. The Morgan fingerprint density at radius 1 is 1.45 bits per heavy atom. The number of rotatable bonds is 3. The number of methoxy groups -OCH3 is 1. The number of hydrogen-bond donors (Lipinski definition) is 1. The molecule has 0 aliphatic carbocycles. The molecule has 1 rings (SSSR count). The van der Waals surface area contributed by atoms with E-state index in [0.717, 1.165) is 32.6 Å². The van der Waals surface area contributed by atoms with Crippen LogP contribution in [0.4, 0.5) is 0 Å². The predicted octanol–water partition coefficient (Wildman–Crippen LogP) is 0.274. The maximum absolute atomic E-state index is 5.34. The highest BCUT2D eigenvalue weighted by molar-refractivity contribution is 4.69. The van der Waals surface area contributed by atoms with E-state index in [4.69, 9.17) is 4.74 Å². The highest BCUT2D eigenvalue weighted by atomic mass is 16.5. The number of hydrogen-bond acceptors (Lipinski definition) is 3. The van der Waals surface area contributed by atoms with Gasteiger partial charge in [0.05, 0.1) is 0 Å². The van der Waals surface area contributed by atoms with E-state index in [2.05, 4.69) is 17.1 Å². The summed E-state index contributed by atoms with van der Waals surface area (Å²) in [5, 5.41) is 3.32. The molecule has 0 amide bonds. The minimum absolute atomic E-state index is 0.331. The minimum atomic E-state index is 0.331. The fourth-order valence-corrected chi connectivity index (χ4v) is 1.54. The molecule has 1 saturated heterocycles. The highest BCUT2D eigenvalue weighted by Gasteiger charge is 2.17. The van der Waals surface area contributed by atoms with Crippen LogP contribution in [0.2, 0.25) is 0 Å². The zero-order valence-electron chi connectivity index (χ0n) is 7.47. The van der Waals surface area contributed by atoms with E-state index >= 15 is 0 Å². The first kappa shape index (κ1) is 8.97. The molecule has 1 unspecified atom stereocenters. The van der Waals surface area contributed by atoms with Gasteiger partial charge in [-0.15, -0.1) is 0 Å². The maximum atomic E-state index is 5.34. The molecule has 1 aliphatic heterocycles. The molecule has 0 spiro atoms. The van der Waals surface area contributed by atoms with E-state index in [1.807, 2.05) is 0 Å². The monoisotopic (exact) mass is 158 g/mol. The molecule has 1 N–H and O–H groups in total. The van der Waals surface area contributed by atoms with E-state index in [1.54, 1.807) is 7.11 Å². The highest BCUT2D eigenvalue weighted by Crippen LogP contribution is 2.05. The van der Waals surface area contributed by atoms with Crippen LogP contribution >= 0.6 is 0 Å². The van der Waals surface area contributed by atoms with Gasteiger partial charge in [0.25, 0.3) is 0 Å². The van der Waals surface area contributed by atoms with Gasteiger partial charge >= 0.3 is 0 Å². The molecule has 0 saturated carbocycles. The Balaban J connectivity index is 2.30. The summed E-state index contributed by atoms with van der Waals surface area (Å²) in [6.45, 7) is 6.59. The molecular formula is C8H18N2O. The van der Waals surface area contributed by atoms with Crippen molar-refractivity contribution in [1.29, 1.82) is 0 Å². The molecule has 11 heavy (non-hydrogen) atoms. The van der Waals surface area contributed by atoms with Crippen LogP contribution in [0.15, 0.2) is 0 Å². The lowest BCUT2D eigenvalue weighted by atomic mass is 10.3. The number of nitrogens with one attached hydrogen (secondary N) is 1. The molecule has 1 atom stereocenters. The average molecular weight is 158 g/mol. The first-order chi connectivity index (χ1) is 5.38. The second-order valence-electron chi connectivity index (χ2n) is 2.88. The third kappa shape index (κ3) is 2.43. The van der Waals surface area contributed by atoms with Gasteiger partial charge in [-0.2, -0.15) is 0 Å². The van der Waals surface area contributed by atoms with Gasteiger partial charge in [0, 0.05) is 33.3 Å². The van der Waals surface area contributed by atoms with Crippen LogP contribution in [0.5, 0.6) is 0 Å². The summed E-state index contributed by atoms with van der Waals surface area (Å²) >= 11 is 0. The maximum Gasteiger partial charge on any atom is 0.110 e. The fraction of sp³-hybridized carbons (Fsp3) is 1.00. The van der Waals surface area contributed by atoms with Gasteiger partial charge < -0.3 is 10.1 Å². The Morgan fingerprint density at radius 3 is 2.55 bits per heavy atom. The van der Waals surface area contributed by atoms with Crippen molar-refractivity contribution in [2.75, 3.05) is 33.3 Å². The Bertz CT molecular complexity index is 98.3. The summed E-state index contributed by atoms with van der Waals surface area (Å²) in [5.41, 5.74) is 0. The third-order valence-corrected chi connectivity index (χ3v) is 2.18. The summed E-state index contributed by atoms with van der Waals surface area (Å²) < 4.78 is 5.34. The lowest BCUT2D eigenvalue weighted by Crippen LogP contribution is -2.48. The predicted molar refractivity (Wildman–Crippen MR) is 45.5 cm³/mol. The molecule has 0 bridgehead atoms. The van der Waals surface area contributed by atoms with Crippen molar-refractivity contribution in [3.05, 3.63) is 0 Å². The van der Waals surface area contributed by atoms with E-state index in [0.29, 0.717) is 6.23 Å². The molecule has 0 aromatic rings. The molecule has 1 heterocycles. The number of nitrogens with zero attached hydrogens (tertiary/aromatic N) is 1. The van der Waals surface area contributed by atoms with Crippen LogP contribution in [0.3, 0.4) is 0 Å². The number of ether oxygens (including phenoxy) is 1. The third-order valence-electron chi connectivity index (χ3n) is 2.18. The van der Waals surface area contributed by atoms with Crippen LogP contribution in [-0.4, -0.2) is 44.4 Å². The van der Waals surface area contributed by atoms with Gasteiger partial charge in [0.1, 0.15) is 6.23 Å². The molecule has 1 fully saturated rings. The Morgan fingerprint density at radius 2 is 2.09 bits per heavy atom. The van der Waals surface area contributed by atoms with Gasteiger partial charge in [-0.25, -0.2) is 0 Å². The van der Waals surface area contributed by atoms with E-state index in [9.17, 15) is 0 Å². The molecule has 66 valence electrons. The van der Waals surface area contributed by atoms with E-state index in [-0.39, 0.29) is 0 Å². The molecule has 1 aliphatic rings. The zero-order valence-corrected chi connectivity index (χ0v) is 7.47. The molecule has 0 aromatic heterocycles. The fourth-order valence-electron chi connectivity index (χ4n) is 1.54. The van der Waals surface area contributed by atoms with Crippen LogP contribution in [-0.2, 0) is 4.74 Å². The lowest BCUT2D eigenvalue weighted by Gasteiger charge is -2.33. The van der Waals surface area contributed by atoms with E-state index in [1.165, 1.54) is 0 Å². The van der Waals surface area contributed by atoms with Gasteiger partial charge in [-0.3, -0.25) is 4.90 Å². The van der Waals surface area contributed by atoms with Crippen molar-refractivity contribution in [2.45, 2.75) is 19.6 Å². The lowest BCUT2D eigenvalue weighted by molar-refractivity contribution is -0.0395. The van der Waals surface area contributed by atoms with Gasteiger partial charge in [0.15, 0.2) is 0 Å². The largest absolute Gasteiger partial charge is 0.366 e. The first-order valence-corrected chi connectivity index (χ1v) is 4.36. The summed E-state index contributed by atoms with van der Waals surface area (Å²) in [6.07, 6.45) is 1.41. The van der Waals surface area contributed by atoms with Crippen LogP contribution in [0.1, 0.15) is 13.3 Å². The van der Waals surface area contributed by atoms with Gasteiger partial charge in [-0.05, 0) is 6.42 Å². The smallest absolute Gasteiger partial charge is 0.110 e. The normalized spacial score (nSPS) is 23.5. The van der Waals surface area contributed by atoms with Gasteiger partial charge in [0.2, 0.25) is 0 Å². The zero-order chi connectivity index (χ0) is 8.10. The molecule has 0 radical (unpaired) electrons. The molecular weight excluding hydrogens is 140 g/mol. The Kier molecular flexibility index (Phi) is 3.83.